The molecule has 0 spiro atoms. The van der Waals surface area contributed by atoms with Crippen LogP contribution in [0.15, 0.2) is 78.9 Å². The van der Waals surface area contributed by atoms with Crippen LogP contribution in [-0.4, -0.2) is 11.4 Å². The van der Waals surface area contributed by atoms with Crippen molar-refractivity contribution < 1.29 is 9.90 Å². The molecule has 0 amide bonds. The Bertz CT molecular complexity index is 730. The molecule has 0 radical (unpaired) electrons. The molecule has 0 saturated carbocycles. The maximum Gasteiger partial charge on any atom is 0.150 e. The first kappa shape index (κ1) is 14.5. The van der Waals surface area contributed by atoms with Crippen molar-refractivity contribution in [3.8, 4) is 5.75 Å². The van der Waals surface area contributed by atoms with Gasteiger partial charge in [0.25, 0.3) is 0 Å². The van der Waals surface area contributed by atoms with Crippen LogP contribution in [0.3, 0.4) is 0 Å². The molecule has 108 valence electrons. The summed E-state index contributed by atoms with van der Waals surface area (Å²) in [5.74, 6) is 0.113. The Hall–Kier alpha value is -2.44. The highest BCUT2D eigenvalue weighted by Crippen LogP contribution is 2.34. The van der Waals surface area contributed by atoms with E-state index in [1.165, 1.54) is 16.7 Å². The van der Waals surface area contributed by atoms with Crippen LogP contribution in [0.2, 0.25) is 0 Å². The van der Waals surface area contributed by atoms with Crippen molar-refractivity contribution in [1.82, 2.24) is 0 Å². The first-order chi connectivity index (χ1) is 10.8. The zero-order chi connectivity index (χ0) is 15.4. The van der Waals surface area contributed by atoms with Crippen LogP contribution in [0.5, 0.6) is 5.75 Å². The number of aldehydes is 1. The Morgan fingerprint density at radius 2 is 1.32 bits per heavy atom. The van der Waals surface area contributed by atoms with Crippen molar-refractivity contribution >= 4 is 30.1 Å². The van der Waals surface area contributed by atoms with Gasteiger partial charge in [-0.3, -0.25) is 4.79 Å². The molecule has 0 saturated heterocycles. The van der Waals surface area contributed by atoms with Gasteiger partial charge in [0.05, 0.1) is 0 Å². The average Bonchev–Trinajstić information content (AvgIpc) is 2.58. The molecule has 3 aromatic rings. The minimum Gasteiger partial charge on any atom is -0.508 e. The molecule has 0 unspecified atom stereocenters. The fourth-order valence-corrected chi connectivity index (χ4v) is 4.82. The molecule has 1 N–H and O–H groups in total. The van der Waals surface area contributed by atoms with Crippen molar-refractivity contribution in [2.45, 2.75) is 0 Å². The van der Waals surface area contributed by atoms with Crippen molar-refractivity contribution in [1.29, 1.82) is 0 Å². The topological polar surface area (TPSA) is 37.3 Å². The number of carbonyl (C=O) groups is 1. The molecule has 3 heteroatoms. The fourth-order valence-electron chi connectivity index (χ4n) is 2.42. The van der Waals surface area contributed by atoms with Crippen LogP contribution in [0.4, 0.5) is 0 Å². The normalized spacial score (nSPS) is 10.6. The number of aromatic hydroxyl groups is 1. The first-order valence-electron chi connectivity index (χ1n) is 6.98. The lowest BCUT2D eigenvalue weighted by atomic mass is 10.2. The molecule has 0 heterocycles. The minimum absolute atomic E-state index is 0.113. The molecule has 0 atom stereocenters. The van der Waals surface area contributed by atoms with Gasteiger partial charge in [0, 0.05) is 5.56 Å². The van der Waals surface area contributed by atoms with Gasteiger partial charge in [-0.05, 0) is 42.0 Å². The van der Waals surface area contributed by atoms with E-state index in [1.54, 1.807) is 6.07 Å². The predicted molar refractivity (Wildman–Crippen MR) is 92.2 cm³/mol. The number of benzene rings is 3. The highest BCUT2D eigenvalue weighted by molar-refractivity contribution is 7.80. The number of phenols is 1. The largest absolute Gasteiger partial charge is 0.508 e. The maximum atomic E-state index is 11.4. The lowest BCUT2D eigenvalue weighted by molar-refractivity contribution is 0.112. The summed E-state index contributed by atoms with van der Waals surface area (Å²) in [7, 11) is -0.827. The highest BCUT2D eigenvalue weighted by atomic mass is 31.1. The Morgan fingerprint density at radius 1 is 0.773 bits per heavy atom. The number of phenolic OH excluding ortho intramolecular Hbond substituents is 1. The Kier molecular flexibility index (Phi) is 4.32. The summed E-state index contributed by atoms with van der Waals surface area (Å²) in [6.07, 6.45) is 0.816. The zero-order valence-electron chi connectivity index (χ0n) is 11.9. The highest BCUT2D eigenvalue weighted by Gasteiger charge is 2.19. The van der Waals surface area contributed by atoms with Crippen LogP contribution < -0.4 is 15.9 Å². The summed E-state index contributed by atoms with van der Waals surface area (Å²) in [4.78, 5) is 11.4. The van der Waals surface area contributed by atoms with E-state index in [2.05, 4.69) is 24.3 Å². The average molecular weight is 306 g/mol. The van der Waals surface area contributed by atoms with E-state index in [1.807, 2.05) is 42.5 Å². The summed E-state index contributed by atoms with van der Waals surface area (Å²) in [5, 5.41) is 13.0. The zero-order valence-corrected chi connectivity index (χ0v) is 12.8. The molecular formula is C19H15O2P. The summed E-state index contributed by atoms with van der Waals surface area (Å²) in [6, 6.07) is 25.4. The standard InChI is InChI=1S/C19H15O2P/c20-14-15-13-16(21)11-12-19(15)22(17-7-3-1-4-8-17)18-9-5-2-6-10-18/h1-14,21H. The quantitative estimate of drug-likeness (QED) is 0.594. The van der Waals surface area contributed by atoms with E-state index < -0.39 is 7.92 Å². The van der Waals surface area contributed by atoms with Crippen molar-refractivity contribution in [2.75, 3.05) is 0 Å². The predicted octanol–water partition coefficient (Wildman–Crippen LogP) is 2.96. The second kappa shape index (κ2) is 6.55. The van der Waals surface area contributed by atoms with Crippen LogP contribution in [-0.2, 0) is 0 Å². The van der Waals surface area contributed by atoms with E-state index in [-0.39, 0.29) is 5.75 Å². The summed E-state index contributed by atoms with van der Waals surface area (Å²) in [6.45, 7) is 0. The van der Waals surface area contributed by atoms with Gasteiger partial charge in [0.1, 0.15) is 5.75 Å². The molecule has 22 heavy (non-hydrogen) atoms. The Balaban J connectivity index is 2.21. The second-order valence-electron chi connectivity index (χ2n) is 4.87. The first-order valence-corrected chi connectivity index (χ1v) is 8.32. The molecule has 0 aliphatic rings. The second-order valence-corrected chi connectivity index (χ2v) is 7.05. The molecule has 2 nitrogen and oxygen atoms in total. The summed E-state index contributed by atoms with van der Waals surface area (Å²) in [5.41, 5.74) is 0.541. The number of hydrogen-bond donors (Lipinski definition) is 1. The van der Waals surface area contributed by atoms with E-state index in [9.17, 15) is 9.90 Å². The van der Waals surface area contributed by atoms with Crippen LogP contribution >= 0.6 is 7.92 Å². The van der Waals surface area contributed by atoms with Gasteiger partial charge in [-0.25, -0.2) is 0 Å². The molecule has 0 aliphatic carbocycles. The molecule has 0 aromatic heterocycles. The SMILES string of the molecule is O=Cc1cc(O)ccc1P(c1ccccc1)c1ccccc1. The van der Waals surface area contributed by atoms with Gasteiger partial charge in [-0.15, -0.1) is 0 Å². The van der Waals surface area contributed by atoms with Gasteiger partial charge in [0.15, 0.2) is 6.29 Å². The van der Waals surface area contributed by atoms with Gasteiger partial charge in [0.2, 0.25) is 0 Å². The smallest absolute Gasteiger partial charge is 0.150 e. The van der Waals surface area contributed by atoms with Crippen LogP contribution in [0.1, 0.15) is 10.4 Å². The van der Waals surface area contributed by atoms with E-state index in [0.717, 1.165) is 11.6 Å². The molecule has 3 rings (SSSR count). The van der Waals surface area contributed by atoms with E-state index in [4.69, 9.17) is 0 Å². The third-order valence-corrected chi connectivity index (χ3v) is 5.93. The number of carbonyl (C=O) groups excluding carboxylic acids is 1. The minimum atomic E-state index is -0.827. The third-order valence-electron chi connectivity index (χ3n) is 3.41. The molecule has 0 fully saturated rings. The number of rotatable bonds is 4. The summed E-state index contributed by atoms with van der Waals surface area (Å²) >= 11 is 0. The van der Waals surface area contributed by atoms with Crippen molar-refractivity contribution in [3.63, 3.8) is 0 Å². The Labute approximate surface area is 130 Å². The van der Waals surface area contributed by atoms with Gasteiger partial charge in [-0.2, -0.15) is 0 Å². The maximum absolute atomic E-state index is 11.4. The van der Waals surface area contributed by atoms with Crippen molar-refractivity contribution in [3.05, 3.63) is 84.4 Å². The van der Waals surface area contributed by atoms with Gasteiger partial charge < -0.3 is 5.11 Å². The Morgan fingerprint density at radius 3 is 1.82 bits per heavy atom. The molecule has 0 aliphatic heterocycles. The van der Waals surface area contributed by atoms with Crippen LogP contribution in [0, 0.1) is 0 Å². The molecule has 0 bridgehead atoms. The van der Waals surface area contributed by atoms with E-state index in [0.29, 0.717) is 5.56 Å². The van der Waals surface area contributed by atoms with Gasteiger partial charge >= 0.3 is 0 Å². The molecule has 3 aromatic carbocycles. The third kappa shape index (κ3) is 2.93. The van der Waals surface area contributed by atoms with Crippen molar-refractivity contribution in [2.24, 2.45) is 0 Å². The van der Waals surface area contributed by atoms with Gasteiger partial charge in [-0.1, -0.05) is 60.7 Å². The lowest BCUT2D eigenvalue weighted by Gasteiger charge is -2.20. The fraction of sp³-hybridized carbons (Fsp3) is 0. The van der Waals surface area contributed by atoms with E-state index >= 15 is 0 Å². The number of hydrogen-bond acceptors (Lipinski definition) is 2. The monoisotopic (exact) mass is 306 g/mol. The molecular weight excluding hydrogens is 291 g/mol. The lowest BCUT2D eigenvalue weighted by Crippen LogP contribution is -2.23. The van der Waals surface area contributed by atoms with Crippen LogP contribution in [0.25, 0.3) is 0 Å². The summed E-state index contributed by atoms with van der Waals surface area (Å²) < 4.78 is 0.